The molecule has 3 fully saturated rings. The Hall–Kier alpha value is -0.0800. The molecular formula is C17H33N2+. The summed E-state index contributed by atoms with van der Waals surface area (Å²) in [7, 11) is 2.44. The molecule has 6 unspecified atom stereocenters. The quantitative estimate of drug-likeness (QED) is 0.805. The normalized spacial score (nSPS) is 48.2. The second kappa shape index (κ2) is 5.73. The predicted octanol–water partition coefficient (Wildman–Crippen LogP) is 2.30. The summed E-state index contributed by atoms with van der Waals surface area (Å²) < 4.78 is 0. The van der Waals surface area contributed by atoms with Crippen molar-refractivity contribution in [1.82, 2.24) is 4.90 Å². The van der Waals surface area contributed by atoms with Crippen LogP contribution < -0.4 is 4.90 Å². The van der Waals surface area contributed by atoms with Gasteiger partial charge >= 0.3 is 0 Å². The first-order chi connectivity index (χ1) is 9.16. The molecule has 2 heteroatoms. The average Bonchev–Trinajstić information content (AvgIpc) is 2.65. The van der Waals surface area contributed by atoms with Gasteiger partial charge in [0.15, 0.2) is 0 Å². The molecule has 1 N–H and O–H groups in total. The Morgan fingerprint density at radius 3 is 2.58 bits per heavy atom. The maximum Gasteiger partial charge on any atom is 0.141 e. The van der Waals surface area contributed by atoms with Crippen molar-refractivity contribution >= 4 is 0 Å². The van der Waals surface area contributed by atoms with Gasteiger partial charge in [-0.05, 0) is 37.5 Å². The summed E-state index contributed by atoms with van der Waals surface area (Å²) in [6.45, 7) is 6.32. The van der Waals surface area contributed by atoms with Crippen LogP contribution in [0.2, 0.25) is 0 Å². The van der Waals surface area contributed by atoms with E-state index in [2.05, 4.69) is 25.8 Å². The molecule has 0 aromatic heterocycles. The van der Waals surface area contributed by atoms with Gasteiger partial charge in [-0.2, -0.15) is 0 Å². The minimum Gasteiger partial charge on any atom is -0.319 e. The molecule has 1 saturated heterocycles. The van der Waals surface area contributed by atoms with Crippen molar-refractivity contribution in [3.8, 4) is 0 Å². The third-order valence-corrected chi connectivity index (χ3v) is 6.41. The Morgan fingerprint density at radius 2 is 1.79 bits per heavy atom. The highest BCUT2D eigenvalue weighted by Crippen LogP contribution is 2.33. The predicted molar refractivity (Wildman–Crippen MR) is 80.2 cm³/mol. The van der Waals surface area contributed by atoms with Gasteiger partial charge < -0.3 is 4.90 Å². The highest BCUT2D eigenvalue weighted by molar-refractivity contribution is 4.90. The van der Waals surface area contributed by atoms with E-state index in [1.807, 2.05) is 0 Å². The van der Waals surface area contributed by atoms with Gasteiger partial charge in [-0.25, -0.2) is 4.90 Å². The number of fused-ring (bicyclic) bond motifs is 1. The summed E-state index contributed by atoms with van der Waals surface area (Å²) >= 11 is 0. The number of rotatable bonds is 2. The second-order valence-electron chi connectivity index (χ2n) is 7.71. The lowest BCUT2D eigenvalue weighted by molar-refractivity contribution is -0.921. The molecule has 2 nitrogen and oxygen atoms in total. The fourth-order valence-electron chi connectivity index (χ4n) is 5.22. The minimum absolute atomic E-state index is 0.755. The van der Waals surface area contributed by atoms with Crippen LogP contribution in [0.4, 0.5) is 0 Å². The zero-order valence-electron chi connectivity index (χ0n) is 13.2. The summed E-state index contributed by atoms with van der Waals surface area (Å²) in [4.78, 5) is 4.70. The van der Waals surface area contributed by atoms with Gasteiger partial charge in [-0.15, -0.1) is 0 Å². The van der Waals surface area contributed by atoms with E-state index >= 15 is 0 Å². The molecule has 0 amide bonds. The largest absolute Gasteiger partial charge is 0.319 e. The molecule has 2 saturated carbocycles. The Kier molecular flexibility index (Phi) is 4.19. The average molecular weight is 265 g/mol. The summed E-state index contributed by atoms with van der Waals surface area (Å²) in [5.74, 6) is 1.96. The van der Waals surface area contributed by atoms with E-state index in [1.54, 1.807) is 4.90 Å². The molecular weight excluding hydrogens is 232 g/mol. The maximum atomic E-state index is 2.90. The molecule has 3 rings (SSSR count). The van der Waals surface area contributed by atoms with Crippen LogP contribution in [-0.4, -0.2) is 36.7 Å². The van der Waals surface area contributed by atoms with Crippen LogP contribution in [0.1, 0.15) is 65.2 Å². The number of hydrogen-bond donors (Lipinski definition) is 1. The smallest absolute Gasteiger partial charge is 0.141 e. The monoisotopic (exact) mass is 265 g/mol. The molecule has 0 aromatic carbocycles. The molecule has 3 aliphatic rings. The Bertz CT molecular complexity index is 304. The van der Waals surface area contributed by atoms with Crippen molar-refractivity contribution in [3.05, 3.63) is 0 Å². The fraction of sp³-hybridized carbons (Fsp3) is 1.00. The fourth-order valence-corrected chi connectivity index (χ4v) is 5.22. The van der Waals surface area contributed by atoms with E-state index in [0.29, 0.717) is 0 Å². The number of quaternary nitrogens is 1. The second-order valence-corrected chi connectivity index (χ2v) is 7.71. The van der Waals surface area contributed by atoms with Gasteiger partial charge in [0.2, 0.25) is 0 Å². The van der Waals surface area contributed by atoms with Crippen molar-refractivity contribution in [2.45, 2.75) is 83.5 Å². The molecule has 0 spiro atoms. The van der Waals surface area contributed by atoms with E-state index in [0.717, 1.165) is 30.1 Å². The molecule has 0 aromatic rings. The molecule has 0 bridgehead atoms. The van der Waals surface area contributed by atoms with E-state index < -0.39 is 0 Å². The maximum absolute atomic E-state index is 2.90. The zero-order valence-corrected chi connectivity index (χ0v) is 13.2. The SMILES string of the molecule is CC1CCCC(CN2C3CCCCC3[NH+](C)C2C)C1. The lowest BCUT2D eigenvalue weighted by Crippen LogP contribution is -3.15. The van der Waals surface area contributed by atoms with Crippen LogP contribution >= 0.6 is 0 Å². The molecule has 1 aliphatic heterocycles. The first-order valence-electron chi connectivity index (χ1n) is 8.76. The molecule has 19 heavy (non-hydrogen) atoms. The number of hydrogen-bond acceptors (Lipinski definition) is 1. The first kappa shape index (κ1) is 13.9. The molecule has 0 radical (unpaired) electrons. The van der Waals surface area contributed by atoms with E-state index in [9.17, 15) is 0 Å². The summed E-state index contributed by atoms with van der Waals surface area (Å²) in [6, 6.07) is 1.84. The van der Waals surface area contributed by atoms with Crippen LogP contribution in [0.3, 0.4) is 0 Å². The van der Waals surface area contributed by atoms with Gasteiger partial charge in [0, 0.05) is 19.9 Å². The first-order valence-corrected chi connectivity index (χ1v) is 8.76. The molecule has 2 aliphatic carbocycles. The third kappa shape index (κ3) is 2.71. The van der Waals surface area contributed by atoms with Crippen molar-refractivity contribution in [1.29, 1.82) is 0 Å². The summed E-state index contributed by atoms with van der Waals surface area (Å²) in [5, 5.41) is 0. The van der Waals surface area contributed by atoms with Gasteiger partial charge in [0.1, 0.15) is 12.2 Å². The van der Waals surface area contributed by atoms with Crippen molar-refractivity contribution in [2.75, 3.05) is 13.6 Å². The van der Waals surface area contributed by atoms with Crippen LogP contribution in [0, 0.1) is 11.8 Å². The Morgan fingerprint density at radius 1 is 1.00 bits per heavy atom. The lowest BCUT2D eigenvalue weighted by Gasteiger charge is -2.34. The van der Waals surface area contributed by atoms with Gasteiger partial charge in [-0.3, -0.25) is 0 Å². The van der Waals surface area contributed by atoms with E-state index in [1.165, 1.54) is 57.9 Å². The number of likely N-dealkylation sites (N-methyl/N-ethyl adjacent to an activating group) is 1. The van der Waals surface area contributed by atoms with Crippen molar-refractivity contribution in [3.63, 3.8) is 0 Å². The van der Waals surface area contributed by atoms with E-state index in [4.69, 9.17) is 0 Å². The van der Waals surface area contributed by atoms with E-state index in [-0.39, 0.29) is 0 Å². The highest BCUT2D eigenvalue weighted by Gasteiger charge is 2.48. The van der Waals surface area contributed by atoms with Gasteiger partial charge in [0.05, 0.1) is 13.1 Å². The molecule has 6 atom stereocenters. The minimum atomic E-state index is 0.755. The standard InChI is InChI=1S/C17H32N2/c1-13-7-6-8-15(11-13)12-19-14(2)18(3)16-9-4-5-10-17(16)19/h13-17H,4-12H2,1-3H3/p+1. The molecule has 110 valence electrons. The highest BCUT2D eigenvalue weighted by atomic mass is 15.4. The van der Waals surface area contributed by atoms with Crippen LogP contribution in [0.25, 0.3) is 0 Å². The Balaban J connectivity index is 1.65. The number of nitrogens with one attached hydrogen (secondary N) is 1. The zero-order chi connectivity index (χ0) is 13.4. The third-order valence-electron chi connectivity index (χ3n) is 6.41. The van der Waals surface area contributed by atoms with Crippen LogP contribution in [0.5, 0.6) is 0 Å². The van der Waals surface area contributed by atoms with Crippen molar-refractivity contribution in [2.24, 2.45) is 11.8 Å². The summed E-state index contributed by atoms with van der Waals surface area (Å²) in [6.07, 6.45) is 12.6. The Labute approximate surface area is 119 Å². The van der Waals surface area contributed by atoms with Crippen LogP contribution in [0.15, 0.2) is 0 Å². The molecule has 1 heterocycles. The summed E-state index contributed by atoms with van der Waals surface area (Å²) in [5.41, 5.74) is 0. The topological polar surface area (TPSA) is 7.68 Å². The van der Waals surface area contributed by atoms with Gasteiger partial charge in [-0.1, -0.05) is 26.2 Å². The number of nitrogens with zero attached hydrogens (tertiary/aromatic N) is 1. The lowest BCUT2D eigenvalue weighted by atomic mass is 9.81. The van der Waals surface area contributed by atoms with Gasteiger partial charge in [0.25, 0.3) is 0 Å². The van der Waals surface area contributed by atoms with Crippen molar-refractivity contribution < 1.29 is 4.90 Å². The van der Waals surface area contributed by atoms with Crippen LogP contribution in [-0.2, 0) is 0 Å².